The molecule has 0 unspecified atom stereocenters. The molecular weight excluding hydrogens is 247 g/mol. The molecule has 2 N–H and O–H groups in total. The number of alkyl halides is 3. The molecule has 1 heterocycles. The molecule has 0 fully saturated rings. The minimum atomic E-state index is -4.30. The van der Waals surface area contributed by atoms with E-state index in [0.717, 1.165) is 12.2 Å². The SMILES string of the molecule is CC(C)CNCc1cnc(COCC(F)(F)F)[nH]1. The fourth-order valence-electron chi connectivity index (χ4n) is 1.33. The second-order valence-corrected chi connectivity index (χ2v) is 4.49. The fourth-order valence-corrected chi connectivity index (χ4v) is 1.33. The first kappa shape index (κ1) is 15.0. The van der Waals surface area contributed by atoms with Gasteiger partial charge in [-0.15, -0.1) is 0 Å². The summed E-state index contributed by atoms with van der Waals surface area (Å²) >= 11 is 0. The molecule has 4 nitrogen and oxygen atoms in total. The van der Waals surface area contributed by atoms with Crippen molar-refractivity contribution in [1.29, 1.82) is 0 Å². The molecule has 0 saturated heterocycles. The third-order valence-corrected chi connectivity index (χ3v) is 2.05. The Morgan fingerprint density at radius 1 is 1.44 bits per heavy atom. The lowest BCUT2D eigenvalue weighted by atomic mass is 10.2. The number of imidazole rings is 1. The van der Waals surface area contributed by atoms with Crippen LogP contribution in [0.15, 0.2) is 6.20 Å². The molecule has 0 atom stereocenters. The highest BCUT2D eigenvalue weighted by Gasteiger charge is 2.27. The van der Waals surface area contributed by atoms with Gasteiger partial charge in [0.25, 0.3) is 0 Å². The van der Waals surface area contributed by atoms with Gasteiger partial charge in [0.05, 0.1) is 0 Å². The van der Waals surface area contributed by atoms with Crippen molar-refractivity contribution in [2.45, 2.75) is 33.2 Å². The van der Waals surface area contributed by atoms with Crippen LogP contribution in [0.2, 0.25) is 0 Å². The molecule has 7 heteroatoms. The lowest BCUT2D eigenvalue weighted by Crippen LogP contribution is -2.19. The summed E-state index contributed by atoms with van der Waals surface area (Å²) in [6, 6.07) is 0. The Hall–Kier alpha value is -1.08. The van der Waals surface area contributed by atoms with Crippen molar-refractivity contribution in [1.82, 2.24) is 15.3 Å². The lowest BCUT2D eigenvalue weighted by molar-refractivity contribution is -0.177. The number of hydrogen-bond acceptors (Lipinski definition) is 3. The largest absolute Gasteiger partial charge is 0.411 e. The monoisotopic (exact) mass is 265 g/mol. The molecule has 0 aliphatic carbocycles. The van der Waals surface area contributed by atoms with E-state index < -0.39 is 12.8 Å². The van der Waals surface area contributed by atoms with Crippen LogP contribution in [0.4, 0.5) is 13.2 Å². The van der Waals surface area contributed by atoms with Crippen molar-refractivity contribution in [2.75, 3.05) is 13.2 Å². The van der Waals surface area contributed by atoms with Gasteiger partial charge in [-0.2, -0.15) is 13.2 Å². The Kier molecular flexibility index (Phi) is 5.61. The van der Waals surface area contributed by atoms with E-state index in [4.69, 9.17) is 0 Å². The highest BCUT2D eigenvalue weighted by molar-refractivity contribution is 5.00. The molecule has 0 saturated carbocycles. The summed E-state index contributed by atoms with van der Waals surface area (Å²) < 4.78 is 40.0. The van der Waals surface area contributed by atoms with E-state index in [-0.39, 0.29) is 6.61 Å². The maximum Gasteiger partial charge on any atom is 0.411 e. The molecule has 104 valence electrons. The number of rotatable bonds is 7. The molecule has 0 radical (unpaired) electrons. The Labute approximate surface area is 104 Å². The van der Waals surface area contributed by atoms with Gasteiger partial charge >= 0.3 is 6.18 Å². The second-order valence-electron chi connectivity index (χ2n) is 4.49. The number of nitrogens with zero attached hydrogens (tertiary/aromatic N) is 1. The van der Waals surface area contributed by atoms with Crippen LogP contribution >= 0.6 is 0 Å². The third kappa shape index (κ3) is 6.61. The van der Waals surface area contributed by atoms with Gasteiger partial charge in [0, 0.05) is 18.4 Å². The van der Waals surface area contributed by atoms with Crippen LogP contribution in [0.1, 0.15) is 25.4 Å². The molecule has 1 rings (SSSR count). The van der Waals surface area contributed by atoms with Gasteiger partial charge < -0.3 is 15.0 Å². The van der Waals surface area contributed by atoms with Gasteiger partial charge in [-0.25, -0.2) is 4.98 Å². The van der Waals surface area contributed by atoms with E-state index in [0.29, 0.717) is 18.3 Å². The Bertz CT molecular complexity index is 350. The Morgan fingerprint density at radius 3 is 2.78 bits per heavy atom. The summed E-state index contributed by atoms with van der Waals surface area (Å²) in [4.78, 5) is 6.85. The lowest BCUT2D eigenvalue weighted by Gasteiger charge is -2.06. The number of nitrogens with one attached hydrogen (secondary N) is 2. The van der Waals surface area contributed by atoms with Gasteiger partial charge in [0.2, 0.25) is 0 Å². The van der Waals surface area contributed by atoms with Crippen LogP contribution in [0, 0.1) is 5.92 Å². The van der Waals surface area contributed by atoms with Crippen molar-refractivity contribution in [3.05, 3.63) is 17.7 Å². The van der Waals surface area contributed by atoms with Crippen molar-refractivity contribution in [3.63, 3.8) is 0 Å². The molecule has 0 amide bonds. The molecular formula is C11H18F3N3O. The second kappa shape index (κ2) is 6.75. The number of aromatic nitrogens is 2. The molecule has 1 aromatic rings. The minimum Gasteiger partial charge on any atom is -0.364 e. The molecule has 0 aliphatic heterocycles. The first-order valence-corrected chi connectivity index (χ1v) is 5.75. The molecule has 0 aromatic carbocycles. The standard InChI is InChI=1S/C11H18F3N3O/c1-8(2)3-15-4-9-5-16-10(17-9)6-18-7-11(12,13)14/h5,8,15H,3-4,6-7H2,1-2H3,(H,16,17). The zero-order valence-corrected chi connectivity index (χ0v) is 10.5. The number of halogens is 3. The van der Waals surface area contributed by atoms with Crippen molar-refractivity contribution < 1.29 is 17.9 Å². The predicted octanol–water partition coefficient (Wildman–Crippen LogP) is 2.23. The van der Waals surface area contributed by atoms with Crippen LogP contribution < -0.4 is 5.32 Å². The van der Waals surface area contributed by atoms with Crippen LogP contribution in [0.3, 0.4) is 0 Å². The number of aromatic amines is 1. The summed E-state index contributed by atoms with van der Waals surface area (Å²) in [5.74, 6) is 0.947. The zero-order chi connectivity index (χ0) is 13.6. The van der Waals surface area contributed by atoms with Gasteiger partial charge in [0.15, 0.2) is 0 Å². The van der Waals surface area contributed by atoms with Crippen LogP contribution in [-0.4, -0.2) is 29.3 Å². The van der Waals surface area contributed by atoms with Gasteiger partial charge in [-0.3, -0.25) is 0 Å². The van der Waals surface area contributed by atoms with E-state index in [1.54, 1.807) is 6.20 Å². The first-order valence-electron chi connectivity index (χ1n) is 5.75. The molecule has 0 aliphatic rings. The molecule has 0 spiro atoms. The topological polar surface area (TPSA) is 49.9 Å². The average molecular weight is 265 g/mol. The number of hydrogen-bond donors (Lipinski definition) is 2. The van der Waals surface area contributed by atoms with E-state index in [9.17, 15) is 13.2 Å². The molecule has 0 bridgehead atoms. The van der Waals surface area contributed by atoms with Crippen molar-refractivity contribution in [3.8, 4) is 0 Å². The van der Waals surface area contributed by atoms with Crippen LogP contribution in [0.5, 0.6) is 0 Å². The maximum atomic E-state index is 11.8. The molecule has 18 heavy (non-hydrogen) atoms. The highest BCUT2D eigenvalue weighted by atomic mass is 19.4. The van der Waals surface area contributed by atoms with Gasteiger partial charge in [-0.05, 0) is 12.5 Å². The minimum absolute atomic E-state index is 0.163. The maximum absolute atomic E-state index is 11.8. The summed E-state index contributed by atoms with van der Waals surface area (Å²) in [5, 5.41) is 3.20. The van der Waals surface area contributed by atoms with E-state index >= 15 is 0 Å². The number of H-pyrrole nitrogens is 1. The Morgan fingerprint density at radius 2 is 2.17 bits per heavy atom. The quantitative estimate of drug-likeness (QED) is 0.795. The Balaban J connectivity index is 2.26. The van der Waals surface area contributed by atoms with E-state index in [1.807, 2.05) is 0 Å². The predicted molar refractivity (Wildman–Crippen MR) is 60.8 cm³/mol. The summed E-state index contributed by atoms with van der Waals surface area (Å²) in [7, 11) is 0. The van der Waals surface area contributed by atoms with Crippen LogP contribution in [-0.2, 0) is 17.9 Å². The van der Waals surface area contributed by atoms with Crippen molar-refractivity contribution >= 4 is 0 Å². The fraction of sp³-hybridized carbons (Fsp3) is 0.727. The molecule has 1 aromatic heterocycles. The summed E-state index contributed by atoms with van der Waals surface area (Å²) in [5.41, 5.74) is 0.834. The smallest absolute Gasteiger partial charge is 0.364 e. The third-order valence-electron chi connectivity index (χ3n) is 2.05. The average Bonchev–Trinajstić information content (AvgIpc) is 2.63. The van der Waals surface area contributed by atoms with Crippen molar-refractivity contribution in [2.24, 2.45) is 5.92 Å². The van der Waals surface area contributed by atoms with E-state index in [1.165, 1.54) is 0 Å². The summed E-state index contributed by atoms with van der Waals surface area (Å²) in [6.07, 6.45) is -2.70. The normalized spacial score (nSPS) is 12.3. The van der Waals surface area contributed by atoms with Gasteiger partial charge in [-0.1, -0.05) is 13.8 Å². The zero-order valence-electron chi connectivity index (χ0n) is 10.5. The first-order chi connectivity index (χ1) is 8.37. The number of ether oxygens (including phenoxy) is 1. The summed E-state index contributed by atoms with van der Waals surface area (Å²) in [6.45, 7) is 4.26. The van der Waals surface area contributed by atoms with Gasteiger partial charge in [0.1, 0.15) is 19.0 Å². The highest BCUT2D eigenvalue weighted by Crippen LogP contribution is 2.15. The van der Waals surface area contributed by atoms with E-state index in [2.05, 4.69) is 33.9 Å². The van der Waals surface area contributed by atoms with Crippen LogP contribution in [0.25, 0.3) is 0 Å².